The van der Waals surface area contributed by atoms with Crippen molar-refractivity contribution in [3.8, 4) is 0 Å². The fourth-order valence-electron chi connectivity index (χ4n) is 1.97. The molecule has 1 aromatic carbocycles. The van der Waals surface area contributed by atoms with E-state index in [9.17, 15) is 9.59 Å². The number of nitrogens with one attached hydrogen (secondary N) is 2. The molecule has 134 valence electrons. The standard InChI is InChI=1S/C17H26ClN3O3/c1-13(2)24-10-6-9-19-16(22)11-21(3)12-17(23)20-15-8-5-4-7-14(15)18/h4-5,7-8,13H,6,9-12H2,1-3H3,(H,19,22)(H,20,23). The van der Waals surface area contributed by atoms with Crippen LogP contribution in [0.2, 0.25) is 5.02 Å². The molecule has 0 aliphatic heterocycles. The predicted octanol–water partition coefficient (Wildman–Crippen LogP) is 2.14. The number of hydrogen-bond donors (Lipinski definition) is 2. The summed E-state index contributed by atoms with van der Waals surface area (Å²) < 4.78 is 5.40. The van der Waals surface area contributed by atoms with Crippen molar-refractivity contribution in [2.45, 2.75) is 26.4 Å². The van der Waals surface area contributed by atoms with Gasteiger partial charge in [-0.1, -0.05) is 23.7 Å². The summed E-state index contributed by atoms with van der Waals surface area (Å²) in [6.45, 7) is 5.39. The molecular weight excluding hydrogens is 330 g/mol. The van der Waals surface area contributed by atoms with Crippen LogP contribution in [0, 0.1) is 0 Å². The van der Waals surface area contributed by atoms with Crippen LogP contribution < -0.4 is 10.6 Å². The van der Waals surface area contributed by atoms with Gasteiger partial charge in [0.05, 0.1) is 29.9 Å². The molecule has 24 heavy (non-hydrogen) atoms. The number of hydrogen-bond acceptors (Lipinski definition) is 4. The first-order valence-corrected chi connectivity index (χ1v) is 8.37. The van der Waals surface area contributed by atoms with Crippen molar-refractivity contribution in [2.24, 2.45) is 0 Å². The number of amides is 2. The van der Waals surface area contributed by atoms with E-state index in [-0.39, 0.29) is 31.0 Å². The molecule has 7 heteroatoms. The zero-order chi connectivity index (χ0) is 17.9. The van der Waals surface area contributed by atoms with Gasteiger partial charge in [0.25, 0.3) is 0 Å². The summed E-state index contributed by atoms with van der Waals surface area (Å²) in [7, 11) is 1.72. The lowest BCUT2D eigenvalue weighted by atomic mass is 10.3. The Morgan fingerprint density at radius 3 is 2.54 bits per heavy atom. The minimum absolute atomic E-state index is 0.106. The number of anilines is 1. The van der Waals surface area contributed by atoms with E-state index in [1.807, 2.05) is 13.8 Å². The van der Waals surface area contributed by atoms with Crippen LogP contribution in [-0.2, 0) is 14.3 Å². The summed E-state index contributed by atoms with van der Waals surface area (Å²) in [4.78, 5) is 25.4. The van der Waals surface area contributed by atoms with E-state index in [4.69, 9.17) is 16.3 Å². The Morgan fingerprint density at radius 2 is 1.88 bits per heavy atom. The summed E-state index contributed by atoms with van der Waals surface area (Å²) in [5.74, 6) is -0.337. The molecule has 0 atom stereocenters. The molecule has 2 N–H and O–H groups in total. The maximum absolute atomic E-state index is 12.0. The molecule has 1 rings (SSSR count). The number of benzene rings is 1. The van der Waals surface area contributed by atoms with Gasteiger partial charge < -0.3 is 15.4 Å². The van der Waals surface area contributed by atoms with Crippen LogP contribution >= 0.6 is 11.6 Å². The second-order valence-electron chi connectivity index (χ2n) is 5.82. The quantitative estimate of drug-likeness (QED) is 0.631. The lowest BCUT2D eigenvalue weighted by molar-refractivity contribution is -0.123. The summed E-state index contributed by atoms with van der Waals surface area (Å²) in [5, 5.41) is 6.01. The van der Waals surface area contributed by atoms with Gasteiger partial charge in [0.2, 0.25) is 11.8 Å². The van der Waals surface area contributed by atoms with Crippen molar-refractivity contribution in [1.29, 1.82) is 0 Å². The highest BCUT2D eigenvalue weighted by molar-refractivity contribution is 6.33. The van der Waals surface area contributed by atoms with Gasteiger partial charge in [0, 0.05) is 13.2 Å². The van der Waals surface area contributed by atoms with Gasteiger partial charge in [0.15, 0.2) is 0 Å². The number of rotatable bonds is 10. The van der Waals surface area contributed by atoms with E-state index in [1.54, 1.807) is 36.2 Å². The van der Waals surface area contributed by atoms with Crippen molar-refractivity contribution < 1.29 is 14.3 Å². The van der Waals surface area contributed by atoms with E-state index in [0.717, 1.165) is 6.42 Å². The van der Waals surface area contributed by atoms with Crippen molar-refractivity contribution in [1.82, 2.24) is 10.2 Å². The third kappa shape index (κ3) is 8.86. The second-order valence-corrected chi connectivity index (χ2v) is 6.23. The topological polar surface area (TPSA) is 70.7 Å². The zero-order valence-corrected chi connectivity index (χ0v) is 15.2. The average Bonchev–Trinajstić information content (AvgIpc) is 2.48. The van der Waals surface area contributed by atoms with Crippen molar-refractivity contribution in [3.63, 3.8) is 0 Å². The Balaban J connectivity index is 2.22. The Bertz CT molecular complexity index is 538. The first-order valence-electron chi connectivity index (χ1n) is 7.99. The van der Waals surface area contributed by atoms with Crippen LogP contribution in [0.25, 0.3) is 0 Å². The van der Waals surface area contributed by atoms with Crippen LogP contribution in [-0.4, -0.2) is 56.1 Å². The summed E-state index contributed by atoms with van der Waals surface area (Å²) in [5.41, 5.74) is 0.562. The third-order valence-electron chi connectivity index (χ3n) is 3.07. The molecule has 0 aliphatic rings. The predicted molar refractivity (Wildman–Crippen MR) is 96.3 cm³/mol. The maximum Gasteiger partial charge on any atom is 0.238 e. The van der Waals surface area contributed by atoms with E-state index in [1.165, 1.54) is 0 Å². The van der Waals surface area contributed by atoms with E-state index < -0.39 is 0 Å². The lowest BCUT2D eigenvalue weighted by Crippen LogP contribution is -2.39. The maximum atomic E-state index is 12.0. The number of para-hydroxylation sites is 1. The summed E-state index contributed by atoms with van der Waals surface area (Å²) in [6, 6.07) is 7.02. The number of likely N-dealkylation sites (N-methyl/N-ethyl adjacent to an activating group) is 1. The fraction of sp³-hybridized carbons (Fsp3) is 0.529. The molecule has 2 amide bonds. The molecule has 0 saturated carbocycles. The lowest BCUT2D eigenvalue weighted by Gasteiger charge is -2.16. The highest BCUT2D eigenvalue weighted by Gasteiger charge is 2.11. The first-order chi connectivity index (χ1) is 11.4. The zero-order valence-electron chi connectivity index (χ0n) is 14.5. The van der Waals surface area contributed by atoms with Crippen LogP contribution in [0.1, 0.15) is 20.3 Å². The van der Waals surface area contributed by atoms with Crippen LogP contribution in [0.5, 0.6) is 0 Å². The number of halogens is 1. The van der Waals surface area contributed by atoms with Gasteiger partial charge in [-0.05, 0) is 39.4 Å². The third-order valence-corrected chi connectivity index (χ3v) is 3.40. The average molecular weight is 356 g/mol. The number of carbonyl (C=O) groups is 2. The highest BCUT2D eigenvalue weighted by atomic mass is 35.5. The monoisotopic (exact) mass is 355 g/mol. The van der Waals surface area contributed by atoms with Crippen molar-refractivity contribution in [3.05, 3.63) is 29.3 Å². The Kier molecular flexibility index (Phi) is 9.37. The summed E-state index contributed by atoms with van der Waals surface area (Å²) in [6.07, 6.45) is 0.962. The Labute approximate surface area is 148 Å². The fourth-order valence-corrected chi connectivity index (χ4v) is 2.16. The van der Waals surface area contributed by atoms with Gasteiger partial charge in [0.1, 0.15) is 0 Å². The van der Waals surface area contributed by atoms with Gasteiger partial charge in [-0.3, -0.25) is 14.5 Å². The number of nitrogens with zero attached hydrogens (tertiary/aromatic N) is 1. The van der Waals surface area contributed by atoms with Crippen molar-refractivity contribution in [2.75, 3.05) is 38.6 Å². The van der Waals surface area contributed by atoms with Gasteiger partial charge >= 0.3 is 0 Å². The van der Waals surface area contributed by atoms with Crippen LogP contribution in [0.3, 0.4) is 0 Å². The molecule has 6 nitrogen and oxygen atoms in total. The number of ether oxygens (including phenoxy) is 1. The minimum atomic E-state index is -0.219. The molecule has 0 spiro atoms. The molecule has 0 bridgehead atoms. The molecule has 0 unspecified atom stereocenters. The van der Waals surface area contributed by atoms with E-state index in [0.29, 0.717) is 23.9 Å². The molecular formula is C17H26ClN3O3. The van der Waals surface area contributed by atoms with Gasteiger partial charge in [-0.25, -0.2) is 0 Å². The molecule has 0 fully saturated rings. The first kappa shape index (κ1) is 20.4. The molecule has 0 radical (unpaired) electrons. The van der Waals surface area contributed by atoms with E-state index >= 15 is 0 Å². The SMILES string of the molecule is CC(C)OCCCNC(=O)CN(C)CC(=O)Nc1ccccc1Cl. The van der Waals surface area contributed by atoms with Crippen molar-refractivity contribution >= 4 is 29.1 Å². The molecule has 0 saturated heterocycles. The Morgan fingerprint density at radius 1 is 1.21 bits per heavy atom. The molecule has 0 heterocycles. The molecule has 0 aromatic heterocycles. The normalized spacial score (nSPS) is 10.9. The highest BCUT2D eigenvalue weighted by Crippen LogP contribution is 2.20. The van der Waals surface area contributed by atoms with Crippen LogP contribution in [0.4, 0.5) is 5.69 Å². The minimum Gasteiger partial charge on any atom is -0.379 e. The van der Waals surface area contributed by atoms with Crippen LogP contribution in [0.15, 0.2) is 24.3 Å². The van der Waals surface area contributed by atoms with Gasteiger partial charge in [-0.2, -0.15) is 0 Å². The van der Waals surface area contributed by atoms with E-state index in [2.05, 4.69) is 10.6 Å². The smallest absolute Gasteiger partial charge is 0.238 e. The van der Waals surface area contributed by atoms with Gasteiger partial charge in [-0.15, -0.1) is 0 Å². The molecule has 0 aliphatic carbocycles. The second kappa shape index (κ2) is 11.0. The molecule has 1 aromatic rings. The number of carbonyl (C=O) groups excluding carboxylic acids is 2. The largest absolute Gasteiger partial charge is 0.379 e. The summed E-state index contributed by atoms with van der Waals surface area (Å²) >= 11 is 5.99. The Hall–Kier alpha value is -1.63.